The van der Waals surface area contributed by atoms with E-state index >= 15 is 0 Å². The number of hydrogen-bond donors (Lipinski definition) is 0. The average Bonchev–Trinajstić information content (AvgIpc) is 2.34. The van der Waals surface area contributed by atoms with Gasteiger partial charge in [-0.3, -0.25) is 9.79 Å². The van der Waals surface area contributed by atoms with Crippen LogP contribution in [0.15, 0.2) is 9.36 Å². The Kier molecular flexibility index (Phi) is 2.93. The smallest absolute Gasteiger partial charge is 0.154 e. The van der Waals surface area contributed by atoms with Crippen LogP contribution in [0.1, 0.15) is 20.3 Å². The van der Waals surface area contributed by atoms with Crippen molar-refractivity contribution in [2.45, 2.75) is 26.4 Å². The van der Waals surface area contributed by atoms with Crippen LogP contribution in [0.4, 0.5) is 0 Å². The van der Waals surface area contributed by atoms with Gasteiger partial charge in [-0.2, -0.15) is 0 Å². The van der Waals surface area contributed by atoms with Crippen LogP contribution in [0.25, 0.3) is 0 Å². The lowest BCUT2D eigenvalue weighted by atomic mass is 10.3. The first-order valence-corrected chi connectivity index (χ1v) is 5.07. The summed E-state index contributed by atoms with van der Waals surface area (Å²) in [6.45, 7) is 3.65. The Morgan fingerprint density at radius 2 is 2.45 bits per heavy atom. The molecule has 0 saturated heterocycles. The molecule has 0 radical (unpaired) electrons. The SMILES string of the molecule is CCS1=NC(CC(C)=O)N=C1. The molecule has 0 aromatic heterocycles. The van der Waals surface area contributed by atoms with Crippen molar-refractivity contribution in [3.05, 3.63) is 0 Å². The molecule has 4 heteroatoms. The average molecular weight is 172 g/mol. The van der Waals surface area contributed by atoms with Gasteiger partial charge in [-0.05, 0) is 6.92 Å². The van der Waals surface area contributed by atoms with E-state index in [1.54, 1.807) is 6.92 Å². The van der Waals surface area contributed by atoms with Crippen molar-refractivity contribution >= 4 is 22.0 Å². The van der Waals surface area contributed by atoms with Gasteiger partial charge in [0, 0.05) is 12.2 Å². The van der Waals surface area contributed by atoms with Crippen molar-refractivity contribution in [3.63, 3.8) is 0 Å². The number of aliphatic imine (C=N–C) groups is 1. The Morgan fingerprint density at radius 1 is 1.73 bits per heavy atom. The first-order valence-electron chi connectivity index (χ1n) is 3.65. The molecule has 1 rings (SSSR count). The molecular weight excluding hydrogens is 160 g/mol. The molecule has 11 heavy (non-hydrogen) atoms. The van der Waals surface area contributed by atoms with E-state index in [0.717, 1.165) is 5.75 Å². The maximum absolute atomic E-state index is 10.7. The Labute approximate surface area is 69.0 Å². The fourth-order valence-corrected chi connectivity index (χ4v) is 1.92. The molecule has 1 aliphatic heterocycles. The van der Waals surface area contributed by atoms with Gasteiger partial charge in [0.05, 0.1) is 5.55 Å². The largest absolute Gasteiger partial charge is 0.300 e. The molecule has 2 unspecified atom stereocenters. The van der Waals surface area contributed by atoms with Gasteiger partial charge in [-0.25, -0.2) is 4.36 Å². The molecule has 62 valence electrons. The molecule has 0 aromatic rings. The molecule has 0 aliphatic carbocycles. The zero-order valence-corrected chi connectivity index (χ0v) is 7.60. The summed E-state index contributed by atoms with van der Waals surface area (Å²) < 4.78 is 4.33. The predicted octanol–water partition coefficient (Wildman–Crippen LogP) is 1.16. The Balaban J connectivity index is 2.48. The van der Waals surface area contributed by atoms with Crippen LogP contribution in [0.2, 0.25) is 0 Å². The minimum atomic E-state index is -0.0733. The summed E-state index contributed by atoms with van der Waals surface area (Å²) in [5, 5.41) is 0. The van der Waals surface area contributed by atoms with E-state index < -0.39 is 0 Å². The van der Waals surface area contributed by atoms with Crippen LogP contribution < -0.4 is 0 Å². The summed E-state index contributed by atoms with van der Waals surface area (Å²) in [6.07, 6.45) is 0.399. The van der Waals surface area contributed by atoms with E-state index in [1.807, 2.05) is 5.55 Å². The molecule has 0 bridgehead atoms. The number of nitrogens with zero attached hydrogens (tertiary/aromatic N) is 2. The van der Waals surface area contributed by atoms with E-state index in [0.29, 0.717) is 6.42 Å². The van der Waals surface area contributed by atoms with Gasteiger partial charge < -0.3 is 0 Å². The second kappa shape index (κ2) is 3.76. The number of carbonyl (C=O) groups excluding carboxylic acids is 1. The lowest BCUT2D eigenvalue weighted by Crippen LogP contribution is -2.03. The molecule has 1 aliphatic rings. The van der Waals surface area contributed by atoms with Crippen LogP contribution in [-0.4, -0.2) is 23.2 Å². The van der Waals surface area contributed by atoms with Gasteiger partial charge in [0.15, 0.2) is 6.17 Å². The highest BCUT2D eigenvalue weighted by atomic mass is 32.2. The first-order chi connectivity index (χ1) is 5.22. The number of ketones is 1. The molecule has 0 fully saturated rings. The van der Waals surface area contributed by atoms with Crippen LogP contribution in [0.3, 0.4) is 0 Å². The second-order valence-corrected chi connectivity index (χ2v) is 4.24. The zero-order valence-electron chi connectivity index (χ0n) is 6.78. The molecule has 0 saturated carbocycles. The van der Waals surface area contributed by atoms with E-state index in [4.69, 9.17) is 0 Å². The van der Waals surface area contributed by atoms with Crippen molar-refractivity contribution in [2.24, 2.45) is 9.36 Å². The molecule has 0 N–H and O–H groups in total. The molecule has 0 spiro atoms. The van der Waals surface area contributed by atoms with E-state index in [2.05, 4.69) is 16.3 Å². The van der Waals surface area contributed by atoms with Gasteiger partial charge in [0.25, 0.3) is 0 Å². The molecule has 3 nitrogen and oxygen atoms in total. The number of hydrogen-bond acceptors (Lipinski definition) is 3. The predicted molar refractivity (Wildman–Crippen MR) is 47.9 cm³/mol. The first kappa shape index (κ1) is 8.59. The number of rotatable bonds is 3. The molecule has 2 atom stereocenters. The summed E-state index contributed by atoms with van der Waals surface area (Å²) in [4.78, 5) is 14.8. The van der Waals surface area contributed by atoms with Crippen LogP contribution in [0.5, 0.6) is 0 Å². The highest BCUT2D eigenvalue weighted by molar-refractivity contribution is 8.00. The summed E-state index contributed by atoms with van der Waals surface area (Å²) in [5.74, 6) is 1.18. The third-order valence-electron chi connectivity index (χ3n) is 1.38. The normalized spacial score (nSPS) is 28.5. The van der Waals surface area contributed by atoms with Crippen LogP contribution in [0, 0.1) is 0 Å². The van der Waals surface area contributed by atoms with Crippen molar-refractivity contribution in [2.75, 3.05) is 5.75 Å². The van der Waals surface area contributed by atoms with E-state index in [1.165, 1.54) is 0 Å². The van der Waals surface area contributed by atoms with Crippen molar-refractivity contribution in [1.29, 1.82) is 0 Å². The molecule has 1 heterocycles. The Bertz CT molecular complexity index is 222. The monoisotopic (exact) mass is 172 g/mol. The van der Waals surface area contributed by atoms with Gasteiger partial charge in [0.1, 0.15) is 5.78 Å². The highest BCUT2D eigenvalue weighted by Gasteiger charge is 2.11. The standard InChI is InChI=1S/C7H12N2OS/c1-3-11-5-8-7(9-11)4-6(2)10/h5,7H,3-4H2,1-2H3. The molecular formula is C7H12N2OS. The Morgan fingerprint density at radius 3 is 2.91 bits per heavy atom. The second-order valence-electron chi connectivity index (χ2n) is 2.44. The van der Waals surface area contributed by atoms with Gasteiger partial charge in [-0.1, -0.05) is 17.6 Å². The van der Waals surface area contributed by atoms with Gasteiger partial charge in [-0.15, -0.1) is 0 Å². The summed E-state index contributed by atoms with van der Waals surface area (Å²) >= 11 is 0. The van der Waals surface area contributed by atoms with Crippen molar-refractivity contribution in [1.82, 2.24) is 0 Å². The minimum absolute atomic E-state index is 0.000355. The lowest BCUT2D eigenvalue weighted by Gasteiger charge is -1.97. The minimum Gasteiger partial charge on any atom is -0.300 e. The van der Waals surface area contributed by atoms with Crippen LogP contribution >= 0.6 is 0 Å². The maximum Gasteiger partial charge on any atom is 0.154 e. The van der Waals surface area contributed by atoms with E-state index in [9.17, 15) is 4.79 Å². The molecule has 0 amide bonds. The summed E-state index contributed by atoms with van der Waals surface area (Å²) in [7, 11) is 0.000355. The van der Waals surface area contributed by atoms with Gasteiger partial charge in [0.2, 0.25) is 0 Å². The number of carbonyl (C=O) groups is 1. The van der Waals surface area contributed by atoms with Crippen LogP contribution in [-0.2, 0) is 15.5 Å². The summed E-state index contributed by atoms with van der Waals surface area (Å²) in [5.41, 5.74) is 1.87. The summed E-state index contributed by atoms with van der Waals surface area (Å²) in [6, 6.07) is 0. The lowest BCUT2D eigenvalue weighted by molar-refractivity contribution is -0.117. The third-order valence-corrected chi connectivity index (χ3v) is 2.85. The van der Waals surface area contributed by atoms with Crippen molar-refractivity contribution < 1.29 is 4.79 Å². The fraction of sp³-hybridized carbons (Fsp3) is 0.714. The van der Waals surface area contributed by atoms with Gasteiger partial charge >= 0.3 is 0 Å². The number of Topliss-reactive ketones (excluding diaryl/α,β-unsaturated/α-hetero) is 1. The van der Waals surface area contributed by atoms with Crippen molar-refractivity contribution in [3.8, 4) is 0 Å². The third kappa shape index (κ3) is 2.54. The zero-order chi connectivity index (χ0) is 8.27. The maximum atomic E-state index is 10.7. The molecule has 0 aromatic carbocycles. The quantitative estimate of drug-likeness (QED) is 0.629. The highest BCUT2D eigenvalue weighted by Crippen LogP contribution is 2.08. The van der Waals surface area contributed by atoms with E-state index in [-0.39, 0.29) is 22.6 Å². The topological polar surface area (TPSA) is 41.8 Å². The Hall–Kier alpha value is -0.510. The fourth-order valence-electron chi connectivity index (χ4n) is 0.847.